The topological polar surface area (TPSA) is 132 Å². The van der Waals surface area contributed by atoms with E-state index in [1.54, 1.807) is 36.6 Å². The minimum Gasteiger partial charge on any atom is -0.444 e. The van der Waals surface area contributed by atoms with Gasteiger partial charge in [-0.2, -0.15) is 0 Å². The molecule has 2 aliphatic heterocycles. The molecule has 0 unspecified atom stereocenters. The van der Waals surface area contributed by atoms with Crippen LogP contribution in [0.3, 0.4) is 0 Å². The number of amides is 3. The van der Waals surface area contributed by atoms with Crippen LogP contribution in [0.5, 0.6) is 0 Å². The van der Waals surface area contributed by atoms with Crippen LogP contribution in [0.4, 0.5) is 4.79 Å². The highest BCUT2D eigenvalue weighted by Crippen LogP contribution is 2.22. The van der Waals surface area contributed by atoms with E-state index in [0.29, 0.717) is 32.5 Å². The summed E-state index contributed by atoms with van der Waals surface area (Å²) in [6, 6.07) is -1.10. The highest BCUT2D eigenvalue weighted by Gasteiger charge is 2.32. The lowest BCUT2D eigenvalue weighted by Gasteiger charge is -2.33. The van der Waals surface area contributed by atoms with Crippen LogP contribution < -0.4 is 5.32 Å². The molecule has 0 aromatic heterocycles. The fourth-order valence-corrected chi connectivity index (χ4v) is 4.37. The third kappa shape index (κ3) is 11.5. The molecule has 3 amide bonds. The van der Waals surface area contributed by atoms with Crippen molar-refractivity contribution < 1.29 is 38.2 Å². The lowest BCUT2D eigenvalue weighted by Crippen LogP contribution is -2.49. The monoisotopic (exact) mass is 575 g/mol. The largest absolute Gasteiger partial charge is 0.444 e. The van der Waals surface area contributed by atoms with Crippen molar-refractivity contribution in [1.82, 2.24) is 15.1 Å². The summed E-state index contributed by atoms with van der Waals surface area (Å²) in [6.45, 7) is 11.8. The van der Waals surface area contributed by atoms with E-state index in [1.807, 2.05) is 26.8 Å². The number of rotatable bonds is 8. The summed E-state index contributed by atoms with van der Waals surface area (Å²) in [5.41, 5.74) is -1.30. The molecule has 2 fully saturated rings. The van der Waals surface area contributed by atoms with E-state index in [2.05, 4.69) is 11.2 Å². The van der Waals surface area contributed by atoms with Crippen LogP contribution in [0.15, 0.2) is 12.2 Å². The summed E-state index contributed by atoms with van der Waals surface area (Å²) < 4.78 is 15.4. The van der Waals surface area contributed by atoms with Gasteiger partial charge in [-0.05, 0) is 79.2 Å². The van der Waals surface area contributed by atoms with Crippen molar-refractivity contribution in [1.29, 1.82) is 0 Å². The first kappa shape index (κ1) is 33.7. The number of carbonyl (C=O) groups excluding carboxylic acids is 5. The normalized spacial score (nSPS) is 19.2. The molecule has 0 aliphatic carbocycles. The molecular formula is C30H45N3O8. The lowest BCUT2D eigenvalue weighted by molar-refractivity contribution is -0.174. The maximum Gasteiger partial charge on any atom is 0.410 e. The molecule has 2 rings (SSSR count). The van der Waals surface area contributed by atoms with Gasteiger partial charge in [-0.15, -0.1) is 12.3 Å². The third-order valence-corrected chi connectivity index (χ3v) is 6.73. The van der Waals surface area contributed by atoms with Gasteiger partial charge in [0.15, 0.2) is 0 Å². The van der Waals surface area contributed by atoms with Crippen molar-refractivity contribution >= 4 is 29.8 Å². The number of terminal acetylenes is 1. The molecule has 2 atom stereocenters. The third-order valence-electron chi connectivity index (χ3n) is 6.73. The van der Waals surface area contributed by atoms with E-state index < -0.39 is 47.6 Å². The van der Waals surface area contributed by atoms with E-state index in [1.165, 1.54) is 0 Å². The molecule has 2 saturated heterocycles. The first-order valence-electron chi connectivity index (χ1n) is 14.1. The number of carbonyl (C=O) groups is 5. The summed E-state index contributed by atoms with van der Waals surface area (Å²) in [4.78, 5) is 65.8. The highest BCUT2D eigenvalue weighted by atomic mass is 16.7. The molecule has 2 aliphatic rings. The molecule has 0 spiro atoms. The second-order valence-electron chi connectivity index (χ2n) is 12.5. The Morgan fingerprint density at radius 1 is 0.976 bits per heavy atom. The molecule has 11 heteroatoms. The van der Waals surface area contributed by atoms with Crippen LogP contribution in [0.1, 0.15) is 73.6 Å². The molecule has 0 radical (unpaired) electrons. The average Bonchev–Trinajstić information content (AvgIpc) is 2.90. The molecular weight excluding hydrogens is 530 g/mol. The van der Waals surface area contributed by atoms with Crippen molar-refractivity contribution in [2.24, 2.45) is 17.3 Å². The quantitative estimate of drug-likeness (QED) is 0.202. The Bertz CT molecular complexity index is 1030. The molecule has 0 saturated carbocycles. The number of nitrogens with one attached hydrogen (secondary N) is 1. The zero-order chi connectivity index (χ0) is 30.8. The van der Waals surface area contributed by atoms with Gasteiger partial charge in [0.2, 0.25) is 18.6 Å². The molecule has 2 heterocycles. The Balaban J connectivity index is 1.84. The predicted molar refractivity (Wildman–Crippen MR) is 151 cm³/mol. The summed E-state index contributed by atoms with van der Waals surface area (Å²) in [5.74, 6) is 0.0885. The molecule has 11 nitrogen and oxygen atoms in total. The Morgan fingerprint density at radius 3 is 2.22 bits per heavy atom. The predicted octanol–water partition coefficient (Wildman–Crippen LogP) is 3.03. The van der Waals surface area contributed by atoms with Gasteiger partial charge in [0.25, 0.3) is 0 Å². The average molecular weight is 576 g/mol. The minimum absolute atomic E-state index is 0.0946. The second-order valence-corrected chi connectivity index (χ2v) is 12.5. The summed E-state index contributed by atoms with van der Waals surface area (Å²) >= 11 is 0. The van der Waals surface area contributed by atoms with Crippen molar-refractivity contribution in [2.75, 3.05) is 33.0 Å². The maximum absolute atomic E-state index is 13.0. The van der Waals surface area contributed by atoms with Crippen LogP contribution in [0.25, 0.3) is 0 Å². The zero-order valence-electron chi connectivity index (χ0n) is 25.2. The standard InChI is InChI=1S/C30H45N3O8/c1-8-10-23(26(36)39-20-40-27(37)29(2,3)4)31-25(35)22-11-9-16-33(19-22)24(34)13-12-21-14-17-32(18-15-21)28(38)41-30(5,6)7/h1,12-13,21-23H,9-11,14-20H2,2-7H3,(H,31,35)/b13-12+/t22-,23+/m1/s1. The van der Waals surface area contributed by atoms with E-state index in [0.717, 1.165) is 12.8 Å². The van der Waals surface area contributed by atoms with Crippen molar-refractivity contribution in [2.45, 2.75) is 85.3 Å². The molecule has 0 aromatic carbocycles. The molecule has 0 bridgehead atoms. The van der Waals surface area contributed by atoms with Gasteiger partial charge in [-0.25, -0.2) is 9.59 Å². The second kappa shape index (κ2) is 14.9. The van der Waals surface area contributed by atoms with Gasteiger partial charge in [-0.3, -0.25) is 14.4 Å². The highest BCUT2D eigenvalue weighted by molar-refractivity contribution is 5.89. The van der Waals surface area contributed by atoms with Gasteiger partial charge in [0.1, 0.15) is 11.6 Å². The Hall–Kier alpha value is -3.55. The molecule has 41 heavy (non-hydrogen) atoms. The summed E-state index contributed by atoms with van der Waals surface area (Å²) in [6.07, 6.45) is 11.0. The smallest absolute Gasteiger partial charge is 0.410 e. The molecule has 1 N–H and O–H groups in total. The van der Waals surface area contributed by atoms with Gasteiger partial charge < -0.3 is 29.3 Å². The number of esters is 2. The Morgan fingerprint density at radius 2 is 1.63 bits per heavy atom. The number of hydrogen-bond acceptors (Lipinski definition) is 8. The number of piperidine rings is 2. The number of hydrogen-bond donors (Lipinski definition) is 1. The first-order chi connectivity index (χ1) is 19.1. The molecule has 228 valence electrons. The van der Waals surface area contributed by atoms with Crippen molar-refractivity contribution in [3.63, 3.8) is 0 Å². The Labute approximate surface area is 243 Å². The zero-order valence-corrected chi connectivity index (χ0v) is 25.2. The fraction of sp³-hybridized carbons (Fsp3) is 0.700. The van der Waals surface area contributed by atoms with E-state index in [4.69, 9.17) is 20.6 Å². The maximum atomic E-state index is 13.0. The van der Waals surface area contributed by atoms with E-state index in [-0.39, 0.29) is 30.9 Å². The van der Waals surface area contributed by atoms with E-state index >= 15 is 0 Å². The van der Waals surface area contributed by atoms with Gasteiger partial charge in [0, 0.05) is 32.6 Å². The van der Waals surface area contributed by atoms with Gasteiger partial charge >= 0.3 is 18.0 Å². The van der Waals surface area contributed by atoms with Gasteiger partial charge in [-0.1, -0.05) is 6.08 Å². The number of ether oxygens (including phenoxy) is 3. The van der Waals surface area contributed by atoms with Crippen LogP contribution >= 0.6 is 0 Å². The Kier molecular flexibility index (Phi) is 12.2. The number of likely N-dealkylation sites (tertiary alicyclic amines) is 2. The van der Waals surface area contributed by atoms with Crippen molar-refractivity contribution in [3.05, 3.63) is 12.2 Å². The van der Waals surface area contributed by atoms with Crippen LogP contribution in [0, 0.1) is 29.6 Å². The summed E-state index contributed by atoms with van der Waals surface area (Å²) in [7, 11) is 0. The fourth-order valence-electron chi connectivity index (χ4n) is 4.37. The van der Waals surface area contributed by atoms with Crippen molar-refractivity contribution in [3.8, 4) is 12.3 Å². The summed E-state index contributed by atoms with van der Waals surface area (Å²) in [5, 5.41) is 2.63. The van der Waals surface area contributed by atoms with E-state index in [9.17, 15) is 24.0 Å². The molecule has 0 aromatic rings. The van der Waals surface area contributed by atoms with Crippen LogP contribution in [-0.4, -0.2) is 84.3 Å². The SMILES string of the molecule is C#CC[C@H](NC(=O)[C@@H]1CCCN(C(=O)/C=C/C2CCN(C(=O)OC(C)(C)C)CC2)C1)C(=O)OCOC(=O)C(C)(C)C. The number of allylic oxidation sites excluding steroid dienone is 1. The van der Waals surface area contributed by atoms with Crippen LogP contribution in [-0.2, 0) is 33.4 Å². The van der Waals surface area contributed by atoms with Gasteiger partial charge in [0.05, 0.1) is 11.3 Å². The number of nitrogens with zero attached hydrogens (tertiary/aromatic N) is 2. The minimum atomic E-state index is -1.10. The first-order valence-corrected chi connectivity index (χ1v) is 14.1. The van der Waals surface area contributed by atoms with Crippen LogP contribution in [0.2, 0.25) is 0 Å². The lowest BCUT2D eigenvalue weighted by atomic mass is 9.95.